The number of rotatable bonds is 2. The van der Waals surface area contributed by atoms with Crippen LogP contribution in [0.15, 0.2) is 18.2 Å². The molecule has 0 aliphatic heterocycles. The van der Waals surface area contributed by atoms with Gasteiger partial charge in [-0.2, -0.15) is 15.0 Å². The van der Waals surface area contributed by atoms with Crippen LogP contribution in [0.2, 0.25) is 0 Å². The number of hydrogen-bond acceptors (Lipinski definition) is 8. The van der Waals surface area contributed by atoms with Crippen LogP contribution in [0.3, 0.4) is 0 Å². The Balaban J connectivity index is 2.14. The van der Waals surface area contributed by atoms with Gasteiger partial charge in [-0.15, -0.1) is 11.3 Å². The van der Waals surface area contributed by atoms with Crippen LogP contribution in [0.5, 0.6) is 5.75 Å². The monoisotopic (exact) mass is 274 g/mol. The third-order valence-corrected chi connectivity index (χ3v) is 3.47. The molecule has 0 aliphatic carbocycles. The molecule has 0 unspecified atom stereocenters. The fraction of sp³-hybridized carbons (Fsp3) is 0.0909. The maximum atomic E-state index is 5.55. The predicted octanol–water partition coefficient (Wildman–Crippen LogP) is 1.32. The quantitative estimate of drug-likeness (QED) is 0.724. The number of nitrogens with two attached hydrogens (primary N) is 2. The minimum Gasteiger partial charge on any atom is -0.497 e. The van der Waals surface area contributed by atoms with Gasteiger partial charge in [-0.3, -0.25) is 0 Å². The first kappa shape index (κ1) is 11.6. The standard InChI is InChI=1S/C11H10N6OS/c1-18-5-2-3-6-7(4-5)19-9(14-6)8-15-10(12)17-11(13)16-8/h2-4H,1H3,(H4,12,13,15,16,17). The molecule has 2 aromatic heterocycles. The molecule has 19 heavy (non-hydrogen) atoms. The largest absolute Gasteiger partial charge is 0.497 e. The summed E-state index contributed by atoms with van der Waals surface area (Å²) in [6.45, 7) is 0. The Morgan fingerprint density at radius 3 is 2.47 bits per heavy atom. The van der Waals surface area contributed by atoms with Gasteiger partial charge in [0.15, 0.2) is 10.8 Å². The molecular formula is C11H10N6OS. The summed E-state index contributed by atoms with van der Waals surface area (Å²) in [6.07, 6.45) is 0. The van der Waals surface area contributed by atoms with Gasteiger partial charge in [-0.05, 0) is 18.2 Å². The van der Waals surface area contributed by atoms with Crippen LogP contribution in [0, 0.1) is 0 Å². The number of nitrogen functional groups attached to an aromatic ring is 2. The van der Waals surface area contributed by atoms with Gasteiger partial charge in [0.25, 0.3) is 0 Å². The Morgan fingerprint density at radius 2 is 1.79 bits per heavy atom. The maximum absolute atomic E-state index is 5.55. The number of benzene rings is 1. The molecular weight excluding hydrogens is 264 g/mol. The highest BCUT2D eigenvalue weighted by Crippen LogP contribution is 2.30. The van der Waals surface area contributed by atoms with E-state index in [4.69, 9.17) is 16.2 Å². The van der Waals surface area contributed by atoms with Crippen molar-refractivity contribution in [2.45, 2.75) is 0 Å². The number of fused-ring (bicyclic) bond motifs is 1. The van der Waals surface area contributed by atoms with Crippen molar-refractivity contribution in [2.75, 3.05) is 18.6 Å². The lowest BCUT2D eigenvalue weighted by Crippen LogP contribution is -2.03. The van der Waals surface area contributed by atoms with E-state index >= 15 is 0 Å². The molecule has 0 bridgehead atoms. The van der Waals surface area contributed by atoms with Crippen LogP contribution in [-0.4, -0.2) is 27.0 Å². The summed E-state index contributed by atoms with van der Waals surface area (Å²) in [5, 5.41) is 0.643. The van der Waals surface area contributed by atoms with Crippen molar-refractivity contribution < 1.29 is 4.74 Å². The molecule has 4 N–H and O–H groups in total. The zero-order valence-corrected chi connectivity index (χ0v) is 10.8. The molecule has 0 radical (unpaired) electrons. The summed E-state index contributed by atoms with van der Waals surface area (Å²) in [5.41, 5.74) is 11.9. The lowest BCUT2D eigenvalue weighted by atomic mass is 10.3. The summed E-state index contributed by atoms with van der Waals surface area (Å²) in [4.78, 5) is 16.2. The summed E-state index contributed by atoms with van der Waals surface area (Å²) in [6, 6.07) is 5.63. The van der Waals surface area contributed by atoms with Crippen molar-refractivity contribution in [3.05, 3.63) is 18.2 Å². The van der Waals surface area contributed by atoms with Crippen molar-refractivity contribution in [1.29, 1.82) is 0 Å². The molecule has 1 aromatic carbocycles. The van der Waals surface area contributed by atoms with Gasteiger partial charge in [0, 0.05) is 0 Å². The first-order valence-corrected chi connectivity index (χ1v) is 6.19. The predicted molar refractivity (Wildman–Crippen MR) is 73.8 cm³/mol. The molecule has 96 valence electrons. The molecule has 0 atom stereocenters. The van der Waals surface area contributed by atoms with Gasteiger partial charge in [-0.25, -0.2) is 4.98 Å². The number of aromatic nitrogens is 4. The second kappa shape index (κ2) is 4.32. The van der Waals surface area contributed by atoms with Crippen LogP contribution in [0.1, 0.15) is 0 Å². The molecule has 7 nitrogen and oxygen atoms in total. The average Bonchev–Trinajstić information content (AvgIpc) is 2.80. The Labute approximate surface area is 112 Å². The first-order valence-electron chi connectivity index (χ1n) is 5.37. The lowest BCUT2D eigenvalue weighted by Gasteiger charge is -1.97. The van der Waals surface area contributed by atoms with E-state index in [0.29, 0.717) is 10.8 Å². The van der Waals surface area contributed by atoms with Gasteiger partial charge in [-0.1, -0.05) is 0 Å². The highest BCUT2D eigenvalue weighted by atomic mass is 32.1. The van der Waals surface area contributed by atoms with Crippen molar-refractivity contribution >= 4 is 33.5 Å². The number of ether oxygens (including phenoxy) is 1. The Morgan fingerprint density at radius 1 is 1.05 bits per heavy atom. The van der Waals surface area contributed by atoms with Crippen LogP contribution >= 0.6 is 11.3 Å². The number of anilines is 2. The van der Waals surface area contributed by atoms with Gasteiger partial charge < -0.3 is 16.2 Å². The van der Waals surface area contributed by atoms with Gasteiger partial charge >= 0.3 is 0 Å². The number of hydrogen-bond donors (Lipinski definition) is 2. The number of nitrogens with zero attached hydrogens (tertiary/aromatic N) is 4. The van der Waals surface area contributed by atoms with Gasteiger partial charge in [0.2, 0.25) is 11.9 Å². The van der Waals surface area contributed by atoms with E-state index < -0.39 is 0 Å². The lowest BCUT2D eigenvalue weighted by molar-refractivity contribution is 0.415. The van der Waals surface area contributed by atoms with E-state index in [1.54, 1.807) is 7.11 Å². The summed E-state index contributed by atoms with van der Waals surface area (Å²) < 4.78 is 6.15. The highest BCUT2D eigenvalue weighted by molar-refractivity contribution is 7.21. The van der Waals surface area contributed by atoms with Crippen molar-refractivity contribution in [2.24, 2.45) is 0 Å². The topological polar surface area (TPSA) is 113 Å². The summed E-state index contributed by atoms with van der Waals surface area (Å²) in [5.74, 6) is 1.32. The minimum atomic E-state index is 0.0827. The van der Waals surface area contributed by atoms with Crippen LogP contribution in [-0.2, 0) is 0 Å². The second-order valence-corrected chi connectivity index (χ2v) is 4.76. The molecule has 2 heterocycles. The van der Waals surface area contributed by atoms with E-state index in [0.717, 1.165) is 16.0 Å². The van der Waals surface area contributed by atoms with Crippen LogP contribution in [0.4, 0.5) is 11.9 Å². The number of methoxy groups -OCH3 is 1. The van der Waals surface area contributed by atoms with Crippen LogP contribution < -0.4 is 16.2 Å². The van der Waals surface area contributed by atoms with E-state index in [9.17, 15) is 0 Å². The first-order chi connectivity index (χ1) is 9.15. The molecule has 3 rings (SSSR count). The molecule has 0 aliphatic rings. The molecule has 0 amide bonds. The zero-order chi connectivity index (χ0) is 13.4. The third kappa shape index (κ3) is 2.13. The van der Waals surface area contributed by atoms with Gasteiger partial charge in [0.05, 0.1) is 17.3 Å². The zero-order valence-electron chi connectivity index (χ0n) is 9.99. The van der Waals surface area contributed by atoms with E-state index in [1.807, 2.05) is 18.2 Å². The van der Waals surface area contributed by atoms with Crippen molar-refractivity contribution in [3.8, 4) is 16.6 Å². The average molecular weight is 274 g/mol. The van der Waals surface area contributed by atoms with Gasteiger partial charge in [0.1, 0.15) is 5.75 Å². The highest BCUT2D eigenvalue weighted by Gasteiger charge is 2.11. The molecule has 8 heteroatoms. The Bertz CT molecular complexity index is 736. The number of thiazole rings is 1. The molecule has 0 fully saturated rings. The van der Waals surface area contributed by atoms with Crippen LogP contribution in [0.25, 0.3) is 21.0 Å². The van der Waals surface area contributed by atoms with E-state index in [2.05, 4.69) is 19.9 Å². The van der Waals surface area contributed by atoms with Crippen molar-refractivity contribution in [3.63, 3.8) is 0 Å². The van der Waals surface area contributed by atoms with E-state index in [1.165, 1.54) is 11.3 Å². The molecule has 3 aromatic rings. The molecule has 0 spiro atoms. The Kier molecular flexibility index (Phi) is 2.64. The minimum absolute atomic E-state index is 0.0827. The maximum Gasteiger partial charge on any atom is 0.225 e. The smallest absolute Gasteiger partial charge is 0.225 e. The molecule has 0 saturated heterocycles. The normalized spacial score (nSPS) is 10.8. The fourth-order valence-electron chi connectivity index (χ4n) is 1.63. The van der Waals surface area contributed by atoms with E-state index in [-0.39, 0.29) is 11.9 Å². The summed E-state index contributed by atoms with van der Waals surface area (Å²) >= 11 is 1.44. The Hall–Kier alpha value is -2.48. The third-order valence-electron chi connectivity index (χ3n) is 2.46. The van der Waals surface area contributed by atoms with Crippen molar-refractivity contribution in [1.82, 2.24) is 19.9 Å². The summed E-state index contributed by atoms with van der Waals surface area (Å²) in [7, 11) is 1.62. The fourth-order valence-corrected chi connectivity index (χ4v) is 2.56. The SMILES string of the molecule is COc1ccc2nc(-c3nc(N)nc(N)n3)sc2c1. The molecule has 0 saturated carbocycles. The second-order valence-electron chi connectivity index (χ2n) is 3.73.